The van der Waals surface area contributed by atoms with Crippen LogP contribution in [0, 0.1) is 5.92 Å². The second-order valence-corrected chi connectivity index (χ2v) is 4.78. The number of carboxylic acids is 1. The zero-order chi connectivity index (χ0) is 13.0. The predicted octanol–water partition coefficient (Wildman–Crippen LogP) is 1.73. The Hall–Kier alpha value is -1.65. The summed E-state index contributed by atoms with van der Waals surface area (Å²) >= 11 is 0. The fraction of sp³-hybridized carbons (Fsp3) is 0.615. The number of hydrogen-bond acceptors (Lipinski definition) is 4. The first-order valence-electron chi connectivity index (χ1n) is 6.46. The number of hydrogen-bond donors (Lipinski definition) is 1. The van der Waals surface area contributed by atoms with Crippen LogP contribution in [-0.4, -0.2) is 34.1 Å². The highest BCUT2D eigenvalue weighted by Gasteiger charge is 2.24. The quantitative estimate of drug-likeness (QED) is 0.860. The van der Waals surface area contributed by atoms with Gasteiger partial charge in [-0.1, -0.05) is 6.92 Å². The lowest BCUT2D eigenvalue weighted by atomic mass is 10.0. The molecule has 0 spiro atoms. The third-order valence-corrected chi connectivity index (χ3v) is 3.44. The molecule has 5 heteroatoms. The molecule has 0 aliphatic carbocycles. The fourth-order valence-electron chi connectivity index (χ4n) is 2.27. The number of aliphatic carboxylic acids is 1. The normalized spacial score (nSPS) is 19.2. The molecular weight excluding hydrogens is 230 g/mol. The van der Waals surface area contributed by atoms with Crippen molar-refractivity contribution in [3.63, 3.8) is 0 Å². The van der Waals surface area contributed by atoms with Crippen LogP contribution in [0.3, 0.4) is 0 Å². The van der Waals surface area contributed by atoms with Crippen molar-refractivity contribution in [3.05, 3.63) is 18.0 Å². The van der Waals surface area contributed by atoms with Crippen LogP contribution >= 0.6 is 0 Å². The first kappa shape index (κ1) is 12.8. The highest BCUT2D eigenvalue weighted by atomic mass is 16.4. The molecule has 2 rings (SSSR count). The van der Waals surface area contributed by atoms with Crippen LogP contribution in [0.2, 0.25) is 0 Å². The summed E-state index contributed by atoms with van der Waals surface area (Å²) in [5, 5.41) is 8.68. The van der Waals surface area contributed by atoms with E-state index in [1.54, 1.807) is 0 Å². The van der Waals surface area contributed by atoms with E-state index >= 15 is 0 Å². The van der Waals surface area contributed by atoms with Crippen molar-refractivity contribution in [3.8, 4) is 0 Å². The van der Waals surface area contributed by atoms with Gasteiger partial charge in [-0.3, -0.25) is 4.79 Å². The standard InChI is InChI=1S/C13H19N3O2/c1-2-10-7-14-13(15-8-10)16-6-5-11(9-16)3-4-12(17)18/h7-8,11H,2-6,9H2,1H3,(H,17,18). The molecular formula is C13H19N3O2. The molecule has 1 aliphatic rings. The van der Waals surface area contributed by atoms with Gasteiger partial charge in [0.05, 0.1) is 0 Å². The molecule has 1 atom stereocenters. The van der Waals surface area contributed by atoms with Crippen LogP contribution in [0.1, 0.15) is 31.7 Å². The highest BCUT2D eigenvalue weighted by Crippen LogP contribution is 2.23. The van der Waals surface area contributed by atoms with Crippen molar-refractivity contribution in [2.75, 3.05) is 18.0 Å². The van der Waals surface area contributed by atoms with Crippen molar-refractivity contribution >= 4 is 11.9 Å². The van der Waals surface area contributed by atoms with Crippen molar-refractivity contribution in [1.82, 2.24) is 9.97 Å². The summed E-state index contributed by atoms with van der Waals surface area (Å²) in [6.45, 7) is 3.88. The first-order chi connectivity index (χ1) is 8.69. The van der Waals surface area contributed by atoms with E-state index in [-0.39, 0.29) is 6.42 Å². The van der Waals surface area contributed by atoms with Gasteiger partial charge in [0.2, 0.25) is 5.95 Å². The van der Waals surface area contributed by atoms with Crippen LogP contribution in [0.25, 0.3) is 0 Å². The summed E-state index contributed by atoms with van der Waals surface area (Å²) in [5.74, 6) is 0.512. The van der Waals surface area contributed by atoms with E-state index in [1.165, 1.54) is 0 Å². The summed E-state index contributed by atoms with van der Waals surface area (Å²) in [7, 11) is 0. The lowest BCUT2D eigenvalue weighted by Crippen LogP contribution is -2.22. The number of carbonyl (C=O) groups is 1. The van der Waals surface area contributed by atoms with E-state index in [9.17, 15) is 4.79 Å². The molecule has 18 heavy (non-hydrogen) atoms. The van der Waals surface area contributed by atoms with Crippen LogP contribution in [0.5, 0.6) is 0 Å². The second kappa shape index (κ2) is 5.80. The van der Waals surface area contributed by atoms with Gasteiger partial charge >= 0.3 is 5.97 Å². The molecule has 0 aromatic carbocycles. The third-order valence-electron chi connectivity index (χ3n) is 3.44. The fourth-order valence-corrected chi connectivity index (χ4v) is 2.27. The Morgan fingerprint density at radius 2 is 2.22 bits per heavy atom. The van der Waals surface area contributed by atoms with E-state index in [0.29, 0.717) is 5.92 Å². The third kappa shape index (κ3) is 3.18. The molecule has 2 heterocycles. The Morgan fingerprint density at radius 1 is 1.50 bits per heavy atom. The molecule has 5 nitrogen and oxygen atoms in total. The number of nitrogens with zero attached hydrogens (tertiary/aromatic N) is 3. The Labute approximate surface area is 107 Å². The van der Waals surface area contributed by atoms with Gasteiger partial charge in [0, 0.05) is 31.9 Å². The minimum Gasteiger partial charge on any atom is -0.481 e. The molecule has 1 aromatic heterocycles. The summed E-state index contributed by atoms with van der Waals surface area (Å²) in [6, 6.07) is 0. The summed E-state index contributed by atoms with van der Waals surface area (Å²) in [4.78, 5) is 21.4. The van der Waals surface area contributed by atoms with Crippen molar-refractivity contribution < 1.29 is 9.90 Å². The molecule has 0 radical (unpaired) electrons. The molecule has 0 amide bonds. The Morgan fingerprint density at radius 3 is 2.83 bits per heavy atom. The number of aromatic nitrogens is 2. The maximum atomic E-state index is 10.5. The lowest BCUT2D eigenvalue weighted by molar-refractivity contribution is -0.137. The second-order valence-electron chi connectivity index (χ2n) is 4.78. The minimum atomic E-state index is -0.711. The zero-order valence-electron chi connectivity index (χ0n) is 10.7. The van der Waals surface area contributed by atoms with Gasteiger partial charge in [-0.2, -0.15) is 0 Å². The monoisotopic (exact) mass is 249 g/mol. The minimum absolute atomic E-state index is 0.258. The van der Waals surface area contributed by atoms with Gasteiger partial charge in [-0.15, -0.1) is 0 Å². The largest absolute Gasteiger partial charge is 0.481 e. The van der Waals surface area contributed by atoms with Gasteiger partial charge in [0.15, 0.2) is 0 Å². The average Bonchev–Trinajstić information content (AvgIpc) is 2.85. The number of anilines is 1. The summed E-state index contributed by atoms with van der Waals surface area (Å²) in [5.41, 5.74) is 1.14. The SMILES string of the molecule is CCc1cnc(N2CCC(CCC(=O)O)C2)nc1. The van der Waals surface area contributed by atoms with Crippen molar-refractivity contribution in [1.29, 1.82) is 0 Å². The van der Waals surface area contributed by atoms with Gasteiger partial charge in [-0.05, 0) is 30.7 Å². The van der Waals surface area contributed by atoms with Crippen LogP contribution in [0.4, 0.5) is 5.95 Å². The molecule has 1 unspecified atom stereocenters. The Balaban J connectivity index is 1.89. The number of carboxylic acid groups (broad SMARTS) is 1. The zero-order valence-corrected chi connectivity index (χ0v) is 10.7. The number of aryl methyl sites for hydroxylation is 1. The first-order valence-corrected chi connectivity index (χ1v) is 6.46. The highest BCUT2D eigenvalue weighted by molar-refractivity contribution is 5.66. The molecule has 98 valence electrons. The molecule has 1 N–H and O–H groups in total. The molecule has 1 aromatic rings. The topological polar surface area (TPSA) is 66.3 Å². The maximum Gasteiger partial charge on any atom is 0.303 e. The van der Waals surface area contributed by atoms with E-state index in [0.717, 1.165) is 43.9 Å². The van der Waals surface area contributed by atoms with E-state index in [4.69, 9.17) is 5.11 Å². The smallest absolute Gasteiger partial charge is 0.303 e. The molecule has 1 aliphatic heterocycles. The van der Waals surface area contributed by atoms with Crippen molar-refractivity contribution in [2.45, 2.75) is 32.6 Å². The van der Waals surface area contributed by atoms with Gasteiger partial charge in [-0.25, -0.2) is 9.97 Å². The number of rotatable bonds is 5. The maximum absolute atomic E-state index is 10.5. The van der Waals surface area contributed by atoms with Gasteiger partial charge in [0.25, 0.3) is 0 Å². The van der Waals surface area contributed by atoms with E-state index < -0.39 is 5.97 Å². The van der Waals surface area contributed by atoms with Crippen LogP contribution in [-0.2, 0) is 11.2 Å². The van der Waals surface area contributed by atoms with Gasteiger partial charge < -0.3 is 10.0 Å². The lowest BCUT2D eigenvalue weighted by Gasteiger charge is -2.16. The van der Waals surface area contributed by atoms with Crippen molar-refractivity contribution in [2.24, 2.45) is 5.92 Å². The van der Waals surface area contributed by atoms with E-state index in [2.05, 4.69) is 21.8 Å². The van der Waals surface area contributed by atoms with Crippen LogP contribution < -0.4 is 4.90 Å². The molecule has 0 saturated carbocycles. The molecule has 1 fully saturated rings. The Bertz CT molecular complexity index is 405. The van der Waals surface area contributed by atoms with Gasteiger partial charge in [0.1, 0.15) is 0 Å². The predicted molar refractivity (Wildman–Crippen MR) is 68.6 cm³/mol. The van der Waals surface area contributed by atoms with Crippen LogP contribution in [0.15, 0.2) is 12.4 Å². The Kier molecular flexibility index (Phi) is 4.12. The summed E-state index contributed by atoms with van der Waals surface area (Å²) in [6.07, 6.45) is 6.72. The molecule has 1 saturated heterocycles. The van der Waals surface area contributed by atoms with E-state index in [1.807, 2.05) is 12.4 Å². The summed E-state index contributed by atoms with van der Waals surface area (Å²) < 4.78 is 0. The average molecular weight is 249 g/mol. The molecule has 0 bridgehead atoms.